The molecule has 0 saturated heterocycles. The van der Waals surface area contributed by atoms with E-state index in [2.05, 4.69) is 5.32 Å². The van der Waals surface area contributed by atoms with Crippen LogP contribution in [-0.2, 0) is 6.54 Å². The summed E-state index contributed by atoms with van der Waals surface area (Å²) in [5.74, 6) is -3.79. The summed E-state index contributed by atoms with van der Waals surface area (Å²) in [6.45, 7) is 1.77. The number of hydrogen-bond donors (Lipinski definition) is 1. The molecule has 100 valence electrons. The second-order valence-corrected chi connectivity index (χ2v) is 4.19. The molecule has 2 aromatic rings. The molecule has 0 aliphatic carbocycles. The number of halogens is 4. The number of nitrogens with one attached hydrogen (secondary N) is 1. The molecule has 19 heavy (non-hydrogen) atoms. The molecule has 5 heteroatoms. The van der Waals surface area contributed by atoms with E-state index in [9.17, 15) is 17.6 Å². The maximum atomic E-state index is 13.4. The van der Waals surface area contributed by atoms with E-state index in [0.717, 1.165) is 5.56 Å². The smallest absolute Gasteiger partial charge is 0.161 e. The highest BCUT2D eigenvalue weighted by Gasteiger charge is 2.10. The lowest BCUT2D eigenvalue weighted by Crippen LogP contribution is -2.05. The first-order valence-corrected chi connectivity index (χ1v) is 5.61. The van der Waals surface area contributed by atoms with Crippen molar-refractivity contribution < 1.29 is 17.6 Å². The molecular weight excluding hydrogens is 258 g/mol. The molecule has 0 atom stereocenters. The molecule has 0 aliphatic rings. The molecule has 1 nitrogen and oxygen atoms in total. The molecule has 0 spiro atoms. The Hall–Kier alpha value is -2.04. The van der Waals surface area contributed by atoms with Crippen molar-refractivity contribution in [2.45, 2.75) is 13.5 Å². The van der Waals surface area contributed by atoms with Gasteiger partial charge in [-0.2, -0.15) is 0 Å². The molecule has 2 aromatic carbocycles. The van der Waals surface area contributed by atoms with E-state index in [0.29, 0.717) is 17.7 Å². The van der Waals surface area contributed by atoms with Gasteiger partial charge in [0.05, 0.1) is 5.69 Å². The molecule has 0 fully saturated rings. The molecular formula is C14H11F4N. The van der Waals surface area contributed by atoms with E-state index in [4.69, 9.17) is 0 Å². The van der Waals surface area contributed by atoms with Gasteiger partial charge >= 0.3 is 0 Å². The first kappa shape index (κ1) is 13.4. The van der Waals surface area contributed by atoms with Crippen molar-refractivity contribution in [3.8, 4) is 0 Å². The largest absolute Gasteiger partial charge is 0.378 e. The summed E-state index contributed by atoms with van der Waals surface area (Å²) in [4.78, 5) is 0. The molecule has 0 aromatic heterocycles. The summed E-state index contributed by atoms with van der Waals surface area (Å²) >= 11 is 0. The first-order valence-electron chi connectivity index (χ1n) is 5.61. The molecule has 0 unspecified atom stereocenters. The van der Waals surface area contributed by atoms with Crippen molar-refractivity contribution in [2.75, 3.05) is 5.32 Å². The Balaban J connectivity index is 2.19. The maximum absolute atomic E-state index is 13.4. The monoisotopic (exact) mass is 269 g/mol. The molecule has 0 aliphatic heterocycles. The van der Waals surface area contributed by atoms with Gasteiger partial charge in [0.15, 0.2) is 11.6 Å². The predicted octanol–water partition coefficient (Wildman–Crippen LogP) is 4.16. The van der Waals surface area contributed by atoms with Gasteiger partial charge in [-0.15, -0.1) is 0 Å². The van der Waals surface area contributed by atoms with Crippen LogP contribution in [0.15, 0.2) is 30.3 Å². The summed E-state index contributed by atoms with van der Waals surface area (Å²) in [5, 5.41) is 2.54. The van der Waals surface area contributed by atoms with Gasteiger partial charge in [0.2, 0.25) is 0 Å². The van der Waals surface area contributed by atoms with Crippen molar-refractivity contribution in [1.82, 2.24) is 0 Å². The minimum Gasteiger partial charge on any atom is -0.378 e. The Morgan fingerprint density at radius 3 is 2.26 bits per heavy atom. The standard InChI is InChI=1S/C14H11F4N/c1-8-2-3-10(15)9(4-8)7-19-14-6-12(17)11(16)5-13(14)18/h2-6,19H,7H2,1H3. The van der Waals surface area contributed by atoms with Gasteiger partial charge in [-0.25, -0.2) is 17.6 Å². The quantitative estimate of drug-likeness (QED) is 0.651. The van der Waals surface area contributed by atoms with Crippen LogP contribution in [0.4, 0.5) is 23.2 Å². The van der Waals surface area contributed by atoms with Crippen LogP contribution in [0.5, 0.6) is 0 Å². The highest BCUT2D eigenvalue weighted by atomic mass is 19.2. The van der Waals surface area contributed by atoms with Gasteiger partial charge in [0.1, 0.15) is 11.6 Å². The Kier molecular flexibility index (Phi) is 3.74. The zero-order valence-corrected chi connectivity index (χ0v) is 10.1. The van der Waals surface area contributed by atoms with Crippen LogP contribution in [-0.4, -0.2) is 0 Å². The number of rotatable bonds is 3. The van der Waals surface area contributed by atoms with Crippen LogP contribution in [0.25, 0.3) is 0 Å². The Labute approximate surface area is 107 Å². The minimum absolute atomic E-state index is 0.0183. The van der Waals surface area contributed by atoms with Gasteiger partial charge in [0, 0.05) is 24.2 Å². The molecule has 0 radical (unpaired) electrons. The van der Waals surface area contributed by atoms with Gasteiger partial charge in [-0.05, 0) is 13.0 Å². The van der Waals surface area contributed by atoms with Gasteiger partial charge in [-0.3, -0.25) is 0 Å². The van der Waals surface area contributed by atoms with Crippen molar-refractivity contribution >= 4 is 5.69 Å². The van der Waals surface area contributed by atoms with Crippen LogP contribution in [0.1, 0.15) is 11.1 Å². The first-order chi connectivity index (χ1) is 8.97. The number of benzene rings is 2. The van der Waals surface area contributed by atoms with Gasteiger partial charge in [0.25, 0.3) is 0 Å². The summed E-state index contributed by atoms with van der Waals surface area (Å²) in [6.07, 6.45) is 0. The third-order valence-corrected chi connectivity index (χ3v) is 2.68. The van der Waals surface area contributed by atoms with E-state index < -0.39 is 23.3 Å². The second-order valence-electron chi connectivity index (χ2n) is 4.19. The summed E-state index contributed by atoms with van der Waals surface area (Å²) in [7, 11) is 0. The van der Waals surface area contributed by atoms with Crippen LogP contribution in [0.3, 0.4) is 0 Å². The lowest BCUT2D eigenvalue weighted by atomic mass is 10.1. The van der Waals surface area contributed by atoms with Gasteiger partial charge in [-0.1, -0.05) is 17.7 Å². The Morgan fingerprint density at radius 1 is 0.842 bits per heavy atom. The average Bonchev–Trinajstić information content (AvgIpc) is 2.36. The number of hydrogen-bond acceptors (Lipinski definition) is 1. The fourth-order valence-electron chi connectivity index (χ4n) is 1.69. The summed E-state index contributed by atoms with van der Waals surface area (Å²) in [6, 6.07) is 5.66. The molecule has 1 N–H and O–H groups in total. The van der Waals surface area contributed by atoms with E-state index in [-0.39, 0.29) is 12.2 Å². The fraction of sp³-hybridized carbons (Fsp3) is 0.143. The van der Waals surface area contributed by atoms with Crippen LogP contribution in [0, 0.1) is 30.2 Å². The number of anilines is 1. The van der Waals surface area contributed by atoms with Gasteiger partial charge < -0.3 is 5.32 Å². The third-order valence-electron chi connectivity index (χ3n) is 2.68. The summed E-state index contributed by atoms with van der Waals surface area (Å²) < 4.78 is 52.5. The molecule has 0 bridgehead atoms. The number of aryl methyl sites for hydroxylation is 1. The normalized spacial score (nSPS) is 10.6. The lowest BCUT2D eigenvalue weighted by molar-refractivity contribution is 0.496. The molecule has 0 heterocycles. The van der Waals surface area contributed by atoms with E-state index in [1.807, 2.05) is 0 Å². The topological polar surface area (TPSA) is 12.0 Å². The summed E-state index contributed by atoms with van der Waals surface area (Å²) in [5.41, 5.74) is 0.966. The molecule has 2 rings (SSSR count). The molecule has 0 saturated carbocycles. The predicted molar refractivity (Wildman–Crippen MR) is 64.8 cm³/mol. The maximum Gasteiger partial charge on any atom is 0.161 e. The highest BCUT2D eigenvalue weighted by molar-refractivity contribution is 5.46. The van der Waals surface area contributed by atoms with E-state index in [1.54, 1.807) is 19.1 Å². The average molecular weight is 269 g/mol. The van der Waals surface area contributed by atoms with E-state index in [1.165, 1.54) is 6.07 Å². The Morgan fingerprint density at radius 2 is 1.53 bits per heavy atom. The minimum atomic E-state index is -1.26. The SMILES string of the molecule is Cc1ccc(F)c(CNc2cc(F)c(F)cc2F)c1. The zero-order chi connectivity index (χ0) is 14.0. The zero-order valence-electron chi connectivity index (χ0n) is 10.1. The van der Waals surface area contributed by atoms with Crippen molar-refractivity contribution in [2.24, 2.45) is 0 Å². The van der Waals surface area contributed by atoms with Crippen molar-refractivity contribution in [3.05, 3.63) is 64.7 Å². The van der Waals surface area contributed by atoms with Crippen molar-refractivity contribution in [1.29, 1.82) is 0 Å². The second kappa shape index (κ2) is 5.30. The van der Waals surface area contributed by atoms with Crippen LogP contribution in [0.2, 0.25) is 0 Å². The molecule has 0 amide bonds. The van der Waals surface area contributed by atoms with Crippen LogP contribution >= 0.6 is 0 Å². The van der Waals surface area contributed by atoms with Crippen LogP contribution < -0.4 is 5.32 Å². The lowest BCUT2D eigenvalue weighted by Gasteiger charge is -2.09. The van der Waals surface area contributed by atoms with E-state index >= 15 is 0 Å². The van der Waals surface area contributed by atoms with Crippen molar-refractivity contribution in [3.63, 3.8) is 0 Å². The fourth-order valence-corrected chi connectivity index (χ4v) is 1.69. The Bertz CT molecular complexity index is 611. The third kappa shape index (κ3) is 3.05. The highest BCUT2D eigenvalue weighted by Crippen LogP contribution is 2.20.